The summed E-state index contributed by atoms with van der Waals surface area (Å²) in [4.78, 5) is 4.52. The van der Waals surface area contributed by atoms with Crippen LogP contribution < -0.4 is 5.32 Å². The molecule has 0 aliphatic rings. The number of nitrogens with zero attached hydrogens (tertiary/aromatic N) is 5. The van der Waals surface area contributed by atoms with Gasteiger partial charge in [0.05, 0.1) is 16.9 Å². The van der Waals surface area contributed by atoms with Gasteiger partial charge in [-0.2, -0.15) is 0 Å². The highest BCUT2D eigenvalue weighted by Crippen LogP contribution is 2.11. The molecule has 0 spiro atoms. The van der Waals surface area contributed by atoms with Crippen LogP contribution in [0.15, 0.2) is 36.9 Å². The lowest BCUT2D eigenvalue weighted by Gasteiger charge is -2.02. The van der Waals surface area contributed by atoms with Gasteiger partial charge in [0, 0.05) is 31.7 Å². The third-order valence-electron chi connectivity index (χ3n) is 2.98. The second-order valence-corrected chi connectivity index (χ2v) is 4.98. The van der Waals surface area contributed by atoms with Gasteiger partial charge in [-0.05, 0) is 25.1 Å². The number of aromatic nitrogens is 5. The van der Waals surface area contributed by atoms with Crippen molar-refractivity contribution in [1.82, 2.24) is 29.7 Å². The number of pyridine rings is 1. The highest BCUT2D eigenvalue weighted by atomic mass is 35.5. The summed E-state index contributed by atoms with van der Waals surface area (Å²) in [5.74, 6) is 0. The first kappa shape index (κ1) is 13.1. The normalized spacial score (nSPS) is 11.2. The molecule has 3 rings (SSSR count). The summed E-state index contributed by atoms with van der Waals surface area (Å²) in [6.07, 6.45) is 8.41. The molecule has 6 nitrogen and oxygen atoms in total. The summed E-state index contributed by atoms with van der Waals surface area (Å²) in [5.41, 5.74) is 1.92. The number of hydrogen-bond donors (Lipinski definition) is 1. The van der Waals surface area contributed by atoms with Gasteiger partial charge in [0.2, 0.25) is 0 Å². The molecule has 0 unspecified atom stereocenters. The molecule has 3 heterocycles. The third kappa shape index (κ3) is 3.15. The highest BCUT2D eigenvalue weighted by molar-refractivity contribution is 6.30. The molecule has 0 atom stereocenters. The lowest BCUT2D eigenvalue weighted by atomic mass is 10.4. The number of fused-ring (bicyclic) bond motifs is 1. The predicted molar refractivity (Wildman–Crippen MR) is 76.5 cm³/mol. The first-order valence-electron chi connectivity index (χ1n) is 6.49. The Labute approximate surface area is 121 Å². The SMILES string of the molecule is Clc1ccc2nc(CNCCCn3ccnn3)cn2c1. The number of aryl methyl sites for hydroxylation is 1. The van der Waals surface area contributed by atoms with Crippen LogP contribution in [0.5, 0.6) is 0 Å². The van der Waals surface area contributed by atoms with Crippen molar-refractivity contribution in [1.29, 1.82) is 0 Å². The fourth-order valence-electron chi connectivity index (χ4n) is 2.04. The Morgan fingerprint density at radius 1 is 1.25 bits per heavy atom. The van der Waals surface area contributed by atoms with Gasteiger partial charge in [0.25, 0.3) is 0 Å². The van der Waals surface area contributed by atoms with Crippen molar-refractivity contribution < 1.29 is 0 Å². The highest BCUT2D eigenvalue weighted by Gasteiger charge is 2.01. The summed E-state index contributed by atoms with van der Waals surface area (Å²) in [6.45, 7) is 2.53. The van der Waals surface area contributed by atoms with Gasteiger partial charge in [0.15, 0.2) is 0 Å². The summed E-state index contributed by atoms with van der Waals surface area (Å²) in [5, 5.41) is 11.8. The first-order valence-corrected chi connectivity index (χ1v) is 6.87. The predicted octanol–water partition coefficient (Wildman–Crippen LogP) is 1.76. The fraction of sp³-hybridized carbons (Fsp3) is 0.308. The van der Waals surface area contributed by atoms with E-state index < -0.39 is 0 Å². The lowest BCUT2D eigenvalue weighted by Crippen LogP contribution is -2.16. The van der Waals surface area contributed by atoms with Crippen LogP contribution in [0, 0.1) is 0 Å². The molecule has 3 aromatic rings. The molecule has 20 heavy (non-hydrogen) atoms. The molecule has 0 saturated heterocycles. The van der Waals surface area contributed by atoms with E-state index in [-0.39, 0.29) is 0 Å². The van der Waals surface area contributed by atoms with E-state index >= 15 is 0 Å². The summed E-state index contributed by atoms with van der Waals surface area (Å²) < 4.78 is 3.77. The Hall–Kier alpha value is -1.92. The quantitative estimate of drug-likeness (QED) is 0.703. The zero-order chi connectivity index (χ0) is 13.8. The van der Waals surface area contributed by atoms with Gasteiger partial charge in [-0.3, -0.25) is 4.68 Å². The molecule has 1 N–H and O–H groups in total. The molecule has 0 fully saturated rings. The average molecular weight is 291 g/mol. The van der Waals surface area contributed by atoms with Crippen molar-refractivity contribution in [2.24, 2.45) is 0 Å². The second-order valence-electron chi connectivity index (χ2n) is 4.54. The number of halogens is 1. The molecular formula is C13H15ClN6. The van der Waals surface area contributed by atoms with Crippen LogP contribution in [-0.2, 0) is 13.1 Å². The molecule has 3 aromatic heterocycles. The minimum atomic E-state index is 0.710. The fourth-order valence-corrected chi connectivity index (χ4v) is 2.21. The number of hydrogen-bond acceptors (Lipinski definition) is 4. The standard InChI is InChI=1S/C13H15ClN6/c14-11-2-3-13-17-12(10-19(13)9-11)8-15-4-1-6-20-7-5-16-18-20/h2-3,5,7,9-10,15H,1,4,6,8H2. The Balaban J connectivity index is 1.47. The van der Waals surface area contributed by atoms with Gasteiger partial charge < -0.3 is 9.72 Å². The van der Waals surface area contributed by atoms with Crippen LogP contribution in [0.2, 0.25) is 5.02 Å². The zero-order valence-electron chi connectivity index (χ0n) is 10.9. The van der Waals surface area contributed by atoms with E-state index in [9.17, 15) is 0 Å². The van der Waals surface area contributed by atoms with E-state index in [0.29, 0.717) is 5.02 Å². The van der Waals surface area contributed by atoms with Crippen molar-refractivity contribution >= 4 is 17.2 Å². The van der Waals surface area contributed by atoms with E-state index in [1.165, 1.54) is 0 Å². The Morgan fingerprint density at radius 3 is 3.05 bits per heavy atom. The van der Waals surface area contributed by atoms with Gasteiger partial charge >= 0.3 is 0 Å². The molecule has 104 valence electrons. The maximum absolute atomic E-state index is 5.94. The largest absolute Gasteiger partial charge is 0.311 e. The summed E-state index contributed by atoms with van der Waals surface area (Å²) >= 11 is 5.94. The molecule has 7 heteroatoms. The number of rotatable bonds is 6. The molecule has 0 amide bonds. The van der Waals surface area contributed by atoms with Gasteiger partial charge in [0.1, 0.15) is 5.65 Å². The lowest BCUT2D eigenvalue weighted by molar-refractivity contribution is 0.529. The molecule has 0 radical (unpaired) electrons. The Morgan fingerprint density at radius 2 is 2.20 bits per heavy atom. The third-order valence-corrected chi connectivity index (χ3v) is 3.21. The van der Waals surface area contributed by atoms with E-state index in [4.69, 9.17) is 11.6 Å². The molecule has 0 aliphatic carbocycles. The van der Waals surface area contributed by atoms with Crippen LogP contribution in [0.4, 0.5) is 0 Å². The van der Waals surface area contributed by atoms with Crippen molar-refractivity contribution in [3.63, 3.8) is 0 Å². The molecule has 0 aliphatic heterocycles. The van der Waals surface area contributed by atoms with Crippen molar-refractivity contribution in [3.8, 4) is 0 Å². The smallest absolute Gasteiger partial charge is 0.137 e. The summed E-state index contributed by atoms with van der Waals surface area (Å²) in [6, 6.07) is 3.76. The van der Waals surface area contributed by atoms with E-state index in [1.807, 2.05) is 39.8 Å². The minimum absolute atomic E-state index is 0.710. The van der Waals surface area contributed by atoms with Crippen LogP contribution in [0.3, 0.4) is 0 Å². The second kappa shape index (κ2) is 6.02. The Kier molecular flexibility index (Phi) is 3.94. The maximum atomic E-state index is 5.94. The number of nitrogens with one attached hydrogen (secondary N) is 1. The zero-order valence-corrected chi connectivity index (χ0v) is 11.7. The maximum Gasteiger partial charge on any atom is 0.137 e. The average Bonchev–Trinajstić information content (AvgIpc) is 3.06. The van der Waals surface area contributed by atoms with Crippen molar-refractivity contribution in [2.75, 3.05) is 6.54 Å². The van der Waals surface area contributed by atoms with Gasteiger partial charge in [-0.15, -0.1) is 5.10 Å². The van der Waals surface area contributed by atoms with Gasteiger partial charge in [-0.25, -0.2) is 4.98 Å². The minimum Gasteiger partial charge on any atom is -0.311 e. The van der Waals surface area contributed by atoms with Crippen LogP contribution >= 0.6 is 11.6 Å². The van der Waals surface area contributed by atoms with Gasteiger partial charge in [-0.1, -0.05) is 16.8 Å². The van der Waals surface area contributed by atoms with E-state index in [2.05, 4.69) is 20.6 Å². The van der Waals surface area contributed by atoms with Crippen molar-refractivity contribution in [3.05, 3.63) is 47.6 Å². The van der Waals surface area contributed by atoms with E-state index in [0.717, 1.165) is 37.4 Å². The molecule has 0 saturated carbocycles. The monoisotopic (exact) mass is 290 g/mol. The topological polar surface area (TPSA) is 60.0 Å². The van der Waals surface area contributed by atoms with E-state index in [1.54, 1.807) is 6.20 Å². The number of imidazole rings is 1. The van der Waals surface area contributed by atoms with Crippen molar-refractivity contribution in [2.45, 2.75) is 19.5 Å². The molecule has 0 bridgehead atoms. The van der Waals surface area contributed by atoms with Crippen LogP contribution in [0.25, 0.3) is 5.65 Å². The summed E-state index contributed by atoms with van der Waals surface area (Å²) in [7, 11) is 0. The molecular weight excluding hydrogens is 276 g/mol. The van der Waals surface area contributed by atoms with Crippen LogP contribution in [0.1, 0.15) is 12.1 Å². The Bertz CT molecular complexity index is 675. The molecule has 0 aromatic carbocycles. The first-order chi connectivity index (χ1) is 9.81. The van der Waals surface area contributed by atoms with Crippen LogP contribution in [-0.4, -0.2) is 30.9 Å².